The average molecular weight is 324 g/mol. The van der Waals surface area contributed by atoms with Crippen molar-refractivity contribution in [2.75, 3.05) is 19.6 Å². The molecule has 122 valence electrons. The number of aromatic nitrogens is 4. The van der Waals surface area contributed by atoms with Crippen molar-refractivity contribution in [1.82, 2.24) is 20.2 Å². The first-order valence-electron chi connectivity index (χ1n) is 7.16. The lowest BCUT2D eigenvalue weighted by Gasteiger charge is -2.07. The molecule has 0 saturated heterocycles. The molecule has 0 aliphatic heterocycles. The van der Waals surface area contributed by atoms with E-state index in [2.05, 4.69) is 26.1 Å². The molecule has 0 fully saturated rings. The van der Waals surface area contributed by atoms with Gasteiger partial charge in [-0.2, -0.15) is 9.78 Å². The first-order valence-corrected chi connectivity index (χ1v) is 7.16. The van der Waals surface area contributed by atoms with E-state index in [9.17, 15) is 0 Å². The maximum Gasteiger partial charge on any atom is 0.268 e. The van der Waals surface area contributed by atoms with Crippen molar-refractivity contribution in [3.63, 3.8) is 0 Å². The number of tetrazole rings is 1. The second kappa shape index (κ2) is 7.23. The minimum atomic E-state index is 0.415. The van der Waals surface area contributed by atoms with Crippen LogP contribution in [0.25, 0.3) is 5.69 Å². The Morgan fingerprint density at radius 1 is 1.04 bits per heavy atom. The van der Waals surface area contributed by atoms with Crippen LogP contribution in [0.15, 0.2) is 53.6 Å². The standard InChI is InChI=1S/C16H16N6O2/c1-23-14-9-8-12(10-15(14)24-2)11-17-18-16-19-20-21-22(16)13-6-4-3-5-7-13/h3-11H,1-2H3,(H,18,19,21)/b17-11+. The Bertz CT molecular complexity index is 832. The van der Waals surface area contributed by atoms with Gasteiger partial charge in [0, 0.05) is 0 Å². The Kier molecular flexibility index (Phi) is 4.66. The second-order valence-electron chi connectivity index (χ2n) is 4.73. The summed E-state index contributed by atoms with van der Waals surface area (Å²) in [5, 5.41) is 15.7. The van der Waals surface area contributed by atoms with Crippen LogP contribution in [0.4, 0.5) is 5.95 Å². The zero-order valence-electron chi connectivity index (χ0n) is 13.2. The Morgan fingerprint density at radius 2 is 1.83 bits per heavy atom. The predicted octanol–water partition coefficient (Wildman–Crippen LogP) is 2.13. The van der Waals surface area contributed by atoms with Gasteiger partial charge in [0.2, 0.25) is 0 Å². The van der Waals surface area contributed by atoms with E-state index < -0.39 is 0 Å². The minimum absolute atomic E-state index is 0.415. The normalized spacial score (nSPS) is 10.8. The summed E-state index contributed by atoms with van der Waals surface area (Å²) in [4.78, 5) is 0. The molecular formula is C16H16N6O2. The fourth-order valence-electron chi connectivity index (χ4n) is 2.10. The molecule has 0 amide bonds. The number of nitrogens with zero attached hydrogens (tertiary/aromatic N) is 5. The lowest BCUT2D eigenvalue weighted by atomic mass is 10.2. The molecule has 0 atom stereocenters. The fourth-order valence-corrected chi connectivity index (χ4v) is 2.10. The van der Waals surface area contributed by atoms with Crippen molar-refractivity contribution in [2.24, 2.45) is 5.10 Å². The van der Waals surface area contributed by atoms with Crippen LogP contribution < -0.4 is 14.9 Å². The summed E-state index contributed by atoms with van der Waals surface area (Å²) in [5.41, 5.74) is 4.52. The van der Waals surface area contributed by atoms with Crippen LogP contribution in [-0.4, -0.2) is 40.6 Å². The zero-order valence-corrected chi connectivity index (χ0v) is 13.2. The monoisotopic (exact) mass is 324 g/mol. The van der Waals surface area contributed by atoms with Gasteiger partial charge in [-0.25, -0.2) is 5.43 Å². The van der Waals surface area contributed by atoms with Crippen LogP contribution in [-0.2, 0) is 0 Å². The molecule has 24 heavy (non-hydrogen) atoms. The number of benzene rings is 2. The third kappa shape index (κ3) is 3.32. The highest BCUT2D eigenvalue weighted by molar-refractivity contribution is 5.81. The third-order valence-corrected chi connectivity index (χ3v) is 3.26. The summed E-state index contributed by atoms with van der Waals surface area (Å²) < 4.78 is 12.0. The van der Waals surface area contributed by atoms with Gasteiger partial charge < -0.3 is 9.47 Å². The Balaban J connectivity index is 1.75. The highest BCUT2D eigenvalue weighted by Gasteiger charge is 2.06. The maximum absolute atomic E-state index is 5.26. The number of para-hydroxylation sites is 1. The number of hydrazone groups is 1. The van der Waals surface area contributed by atoms with Gasteiger partial charge in [-0.3, -0.25) is 0 Å². The summed E-state index contributed by atoms with van der Waals surface area (Å²) >= 11 is 0. The van der Waals surface area contributed by atoms with E-state index in [0.29, 0.717) is 17.4 Å². The smallest absolute Gasteiger partial charge is 0.268 e. The molecule has 0 spiro atoms. The van der Waals surface area contributed by atoms with E-state index in [1.54, 1.807) is 25.1 Å². The van der Waals surface area contributed by atoms with Gasteiger partial charge in [0.15, 0.2) is 11.5 Å². The fraction of sp³-hybridized carbons (Fsp3) is 0.125. The quantitative estimate of drug-likeness (QED) is 0.552. The van der Waals surface area contributed by atoms with Crippen LogP contribution in [0.1, 0.15) is 5.56 Å². The van der Waals surface area contributed by atoms with Crippen molar-refractivity contribution in [3.05, 3.63) is 54.1 Å². The first kappa shape index (κ1) is 15.5. The highest BCUT2D eigenvalue weighted by atomic mass is 16.5. The average Bonchev–Trinajstić information content (AvgIpc) is 3.11. The summed E-state index contributed by atoms with van der Waals surface area (Å²) in [6.45, 7) is 0. The summed E-state index contributed by atoms with van der Waals surface area (Å²) in [5.74, 6) is 1.71. The molecule has 0 saturated carbocycles. The maximum atomic E-state index is 5.26. The molecule has 8 nitrogen and oxygen atoms in total. The Hall–Kier alpha value is -3.42. The topological polar surface area (TPSA) is 86.5 Å². The molecule has 0 unspecified atom stereocenters. The Labute approximate surface area is 138 Å². The number of ether oxygens (including phenoxy) is 2. The number of rotatable bonds is 6. The molecule has 1 N–H and O–H groups in total. The number of anilines is 1. The lowest BCUT2D eigenvalue weighted by molar-refractivity contribution is 0.355. The first-order chi connectivity index (χ1) is 11.8. The van der Waals surface area contributed by atoms with Crippen LogP contribution in [0.3, 0.4) is 0 Å². The minimum Gasteiger partial charge on any atom is -0.493 e. The van der Waals surface area contributed by atoms with Crippen molar-refractivity contribution >= 4 is 12.2 Å². The van der Waals surface area contributed by atoms with E-state index in [0.717, 1.165) is 11.3 Å². The predicted molar refractivity (Wildman–Crippen MR) is 89.9 cm³/mol. The second-order valence-corrected chi connectivity index (χ2v) is 4.73. The molecule has 1 heterocycles. The largest absolute Gasteiger partial charge is 0.493 e. The molecule has 3 rings (SSSR count). The van der Waals surface area contributed by atoms with Crippen LogP contribution in [0.2, 0.25) is 0 Å². The summed E-state index contributed by atoms with van der Waals surface area (Å²) in [6, 6.07) is 15.1. The van der Waals surface area contributed by atoms with Gasteiger partial charge >= 0.3 is 0 Å². The van der Waals surface area contributed by atoms with Gasteiger partial charge in [0.1, 0.15) is 0 Å². The van der Waals surface area contributed by atoms with E-state index >= 15 is 0 Å². The van der Waals surface area contributed by atoms with E-state index in [1.165, 1.54) is 0 Å². The van der Waals surface area contributed by atoms with Crippen LogP contribution >= 0.6 is 0 Å². The van der Waals surface area contributed by atoms with Gasteiger partial charge in [0.25, 0.3) is 5.95 Å². The van der Waals surface area contributed by atoms with Crippen LogP contribution in [0.5, 0.6) is 11.5 Å². The van der Waals surface area contributed by atoms with Gasteiger partial charge in [-0.1, -0.05) is 23.3 Å². The van der Waals surface area contributed by atoms with Gasteiger partial charge in [-0.05, 0) is 46.3 Å². The van der Waals surface area contributed by atoms with Gasteiger partial charge in [0.05, 0.1) is 26.1 Å². The van der Waals surface area contributed by atoms with E-state index in [-0.39, 0.29) is 0 Å². The SMILES string of the molecule is COc1ccc(/C=N/Nc2nnnn2-c2ccccc2)cc1OC. The number of nitrogens with one attached hydrogen (secondary N) is 1. The molecule has 0 aliphatic rings. The molecule has 0 bridgehead atoms. The molecule has 0 aliphatic carbocycles. The van der Waals surface area contributed by atoms with E-state index in [4.69, 9.17) is 9.47 Å². The molecule has 2 aromatic carbocycles. The summed E-state index contributed by atoms with van der Waals surface area (Å²) in [7, 11) is 3.18. The molecule has 8 heteroatoms. The summed E-state index contributed by atoms with van der Waals surface area (Å²) in [6.07, 6.45) is 1.64. The number of methoxy groups -OCH3 is 2. The van der Waals surface area contributed by atoms with E-state index in [1.807, 2.05) is 48.5 Å². The number of hydrogen-bond donors (Lipinski definition) is 1. The van der Waals surface area contributed by atoms with Crippen molar-refractivity contribution in [3.8, 4) is 17.2 Å². The third-order valence-electron chi connectivity index (χ3n) is 3.26. The lowest BCUT2D eigenvalue weighted by Crippen LogP contribution is -2.03. The molecule has 3 aromatic rings. The molecular weight excluding hydrogens is 308 g/mol. The molecule has 0 radical (unpaired) electrons. The van der Waals surface area contributed by atoms with Crippen molar-refractivity contribution in [2.45, 2.75) is 0 Å². The van der Waals surface area contributed by atoms with Crippen molar-refractivity contribution < 1.29 is 9.47 Å². The van der Waals surface area contributed by atoms with Crippen molar-refractivity contribution in [1.29, 1.82) is 0 Å². The van der Waals surface area contributed by atoms with Gasteiger partial charge in [-0.15, -0.1) is 0 Å². The zero-order chi connectivity index (χ0) is 16.8. The van der Waals surface area contributed by atoms with Crippen LogP contribution in [0, 0.1) is 0 Å². The highest BCUT2D eigenvalue weighted by Crippen LogP contribution is 2.26. The number of hydrogen-bond acceptors (Lipinski definition) is 7. The Morgan fingerprint density at radius 3 is 2.58 bits per heavy atom. The molecule has 1 aromatic heterocycles.